The third-order valence-electron chi connectivity index (χ3n) is 8.75. The number of nitrogens with zero attached hydrogens (tertiary/aromatic N) is 1. The normalized spacial score (nSPS) is 20.1. The Labute approximate surface area is 295 Å². The molecule has 2 fully saturated rings. The molecular formula is C35H49F4N3O9. The van der Waals surface area contributed by atoms with Gasteiger partial charge in [0.15, 0.2) is 11.6 Å². The Kier molecular flexibility index (Phi) is 17.1. The maximum absolute atomic E-state index is 13.7. The van der Waals surface area contributed by atoms with Crippen LogP contribution in [0.5, 0.6) is 0 Å². The molecule has 0 aromatic heterocycles. The van der Waals surface area contributed by atoms with E-state index in [2.05, 4.69) is 20.1 Å². The summed E-state index contributed by atoms with van der Waals surface area (Å²) in [5.41, 5.74) is -0.228. The zero-order valence-electron chi connectivity index (χ0n) is 29.3. The molecule has 16 heteroatoms. The topological polar surface area (TPSA) is 153 Å². The summed E-state index contributed by atoms with van der Waals surface area (Å²) < 4.78 is 71.8. The van der Waals surface area contributed by atoms with Gasteiger partial charge in [0, 0.05) is 31.8 Å². The number of epoxide rings is 1. The van der Waals surface area contributed by atoms with Gasteiger partial charge in [-0.2, -0.15) is 17.6 Å². The van der Waals surface area contributed by atoms with E-state index in [9.17, 15) is 41.5 Å². The highest BCUT2D eigenvalue weighted by Crippen LogP contribution is 2.30. The van der Waals surface area contributed by atoms with E-state index in [1.54, 1.807) is 6.92 Å². The minimum absolute atomic E-state index is 0.0688. The number of ketones is 3. The van der Waals surface area contributed by atoms with Crippen molar-refractivity contribution in [1.82, 2.24) is 15.5 Å². The first-order valence-electron chi connectivity index (χ1n) is 17.1. The Morgan fingerprint density at radius 1 is 0.863 bits per heavy atom. The molecule has 3 rings (SSSR count). The molecule has 12 nitrogen and oxygen atoms in total. The van der Waals surface area contributed by atoms with Gasteiger partial charge in [0.1, 0.15) is 17.4 Å². The van der Waals surface area contributed by atoms with E-state index in [4.69, 9.17) is 9.47 Å². The Morgan fingerprint density at radius 2 is 1.45 bits per heavy atom. The average Bonchev–Trinajstić information content (AvgIpc) is 3.84. The lowest BCUT2D eigenvalue weighted by Gasteiger charge is -2.27. The number of carbonyl (C=O) groups is 5. The van der Waals surface area contributed by atoms with Crippen molar-refractivity contribution in [2.75, 3.05) is 52.7 Å². The lowest BCUT2D eigenvalue weighted by atomic mass is 9.91. The van der Waals surface area contributed by atoms with Crippen molar-refractivity contribution < 1.29 is 60.5 Å². The number of halogens is 4. The zero-order valence-corrected chi connectivity index (χ0v) is 29.3. The van der Waals surface area contributed by atoms with E-state index in [0.717, 1.165) is 5.56 Å². The number of alkyl halides is 4. The highest BCUT2D eigenvalue weighted by atomic mass is 19.3. The van der Waals surface area contributed by atoms with Crippen LogP contribution >= 0.6 is 0 Å². The summed E-state index contributed by atoms with van der Waals surface area (Å²) in [7, 11) is 0. The number of benzene rings is 1. The number of ether oxygens (including phenoxy) is 4. The molecule has 1 aromatic rings. The van der Waals surface area contributed by atoms with E-state index in [1.165, 1.54) is 0 Å². The Morgan fingerprint density at radius 3 is 2.04 bits per heavy atom. The Balaban J connectivity index is 1.78. The van der Waals surface area contributed by atoms with Crippen LogP contribution in [0.3, 0.4) is 0 Å². The van der Waals surface area contributed by atoms with Crippen LogP contribution in [0, 0.1) is 17.8 Å². The van der Waals surface area contributed by atoms with Gasteiger partial charge >= 0.3 is 13.2 Å². The van der Waals surface area contributed by atoms with Crippen LogP contribution in [0.15, 0.2) is 30.3 Å². The molecule has 1 aromatic carbocycles. The molecule has 0 saturated carbocycles. The van der Waals surface area contributed by atoms with Gasteiger partial charge in [-0.25, -0.2) is 0 Å². The fourth-order valence-electron chi connectivity index (χ4n) is 5.75. The van der Waals surface area contributed by atoms with Crippen LogP contribution in [-0.2, 0) is 49.3 Å². The lowest BCUT2D eigenvalue weighted by molar-refractivity contribution is -0.156. The molecule has 0 spiro atoms. The van der Waals surface area contributed by atoms with Gasteiger partial charge in [-0.15, -0.1) is 0 Å². The first-order valence-corrected chi connectivity index (χ1v) is 17.1. The van der Waals surface area contributed by atoms with Crippen LogP contribution in [0.2, 0.25) is 0 Å². The molecule has 2 aliphatic heterocycles. The molecule has 0 radical (unpaired) electrons. The van der Waals surface area contributed by atoms with Crippen molar-refractivity contribution >= 4 is 29.2 Å². The van der Waals surface area contributed by atoms with Crippen LogP contribution in [-0.4, -0.2) is 118 Å². The summed E-state index contributed by atoms with van der Waals surface area (Å²) in [6.45, 7) is -1.19. The van der Waals surface area contributed by atoms with Crippen LogP contribution in [0.25, 0.3) is 0 Å². The van der Waals surface area contributed by atoms with Crippen molar-refractivity contribution in [1.29, 1.82) is 0 Å². The monoisotopic (exact) mass is 731 g/mol. The number of aryl methyl sites for hydroxylation is 1. The van der Waals surface area contributed by atoms with Gasteiger partial charge in [0.05, 0.1) is 51.5 Å². The van der Waals surface area contributed by atoms with Gasteiger partial charge in [-0.3, -0.25) is 28.9 Å². The maximum atomic E-state index is 13.7. The molecule has 2 saturated heterocycles. The van der Waals surface area contributed by atoms with E-state index < -0.39 is 85.8 Å². The molecule has 2 heterocycles. The van der Waals surface area contributed by atoms with Gasteiger partial charge in [-0.1, -0.05) is 44.2 Å². The molecule has 0 aliphatic carbocycles. The van der Waals surface area contributed by atoms with Crippen molar-refractivity contribution in [3.8, 4) is 0 Å². The predicted octanol–water partition coefficient (Wildman–Crippen LogP) is 2.95. The standard InChI is InChI=1S/C35H49F4N3O9/c1-22(2)15-27(30(45)35(3)21-51-35)40-32(47)25(19-49-33(36)37)17-29(44)28(20-50-34(38)39)41-31(46)24(10-9-23-7-5-4-6-8-23)16-26(43)18-42-11-13-48-14-12-42/h4-8,22,24-25,27-28,33-34H,9-21H2,1-3H3,(H,40,47)(H,41,46)/t24-,25+,27+,28+,35-/m1/s1. The molecule has 2 N–H and O–H groups in total. The minimum atomic E-state index is -3.32. The number of hydrogen-bond acceptors (Lipinski definition) is 10. The number of morpholine rings is 1. The Bertz CT molecular complexity index is 1290. The third-order valence-corrected chi connectivity index (χ3v) is 8.75. The number of carbonyl (C=O) groups excluding carboxylic acids is 5. The Hall–Kier alpha value is -3.31. The van der Waals surface area contributed by atoms with E-state index >= 15 is 0 Å². The molecular weight excluding hydrogens is 682 g/mol. The summed E-state index contributed by atoms with van der Waals surface area (Å²) in [5.74, 6) is -6.00. The second kappa shape index (κ2) is 20.7. The molecule has 2 amide bonds. The highest BCUT2D eigenvalue weighted by molar-refractivity contribution is 5.98. The third kappa shape index (κ3) is 15.1. The second-order valence-electron chi connectivity index (χ2n) is 13.5. The van der Waals surface area contributed by atoms with Gasteiger partial charge in [0.2, 0.25) is 11.8 Å². The largest absolute Gasteiger partial charge is 0.379 e. The summed E-state index contributed by atoms with van der Waals surface area (Å²) in [4.78, 5) is 68.7. The average molecular weight is 732 g/mol. The van der Waals surface area contributed by atoms with Crippen molar-refractivity contribution in [3.63, 3.8) is 0 Å². The highest BCUT2D eigenvalue weighted by Gasteiger charge is 2.50. The van der Waals surface area contributed by atoms with E-state index in [0.29, 0.717) is 32.7 Å². The summed E-state index contributed by atoms with van der Waals surface area (Å²) in [6, 6.07) is 6.35. The summed E-state index contributed by atoms with van der Waals surface area (Å²) in [6.07, 6.45) is -0.258. The smallest absolute Gasteiger partial charge is 0.345 e. The number of rotatable bonds is 24. The zero-order chi connectivity index (χ0) is 37.6. The lowest BCUT2D eigenvalue weighted by Crippen LogP contribution is -2.51. The van der Waals surface area contributed by atoms with Crippen molar-refractivity contribution in [3.05, 3.63) is 35.9 Å². The van der Waals surface area contributed by atoms with E-state index in [1.807, 2.05) is 49.1 Å². The second-order valence-corrected chi connectivity index (χ2v) is 13.5. The van der Waals surface area contributed by atoms with Gasteiger partial charge in [0.25, 0.3) is 0 Å². The quantitative estimate of drug-likeness (QED) is 0.120. The van der Waals surface area contributed by atoms with Crippen LogP contribution in [0.4, 0.5) is 17.6 Å². The number of Topliss-reactive ketones (excluding diaryl/α,β-unsaturated/α-hetero) is 3. The first kappa shape index (κ1) is 42.1. The minimum Gasteiger partial charge on any atom is -0.379 e. The van der Waals surface area contributed by atoms with Crippen molar-refractivity contribution in [2.45, 2.75) is 83.8 Å². The van der Waals surface area contributed by atoms with Crippen LogP contribution in [0.1, 0.15) is 52.0 Å². The molecule has 5 atom stereocenters. The fourth-order valence-corrected chi connectivity index (χ4v) is 5.75. The number of amides is 2. The summed E-state index contributed by atoms with van der Waals surface area (Å²) in [5, 5.41) is 4.94. The molecule has 0 unspecified atom stereocenters. The SMILES string of the molecule is CC(C)C[C@H](NC(=O)[C@H](COC(F)F)CC(=O)[C@H](COC(F)F)NC(=O)[C@H](CCc1ccccc1)CC(=O)CN1CCOCC1)C(=O)[C@@]1(C)CO1. The number of nitrogens with one attached hydrogen (secondary N) is 2. The molecule has 2 aliphatic rings. The fraction of sp³-hybridized carbons (Fsp3) is 0.686. The van der Waals surface area contributed by atoms with Crippen molar-refractivity contribution in [2.24, 2.45) is 17.8 Å². The molecule has 51 heavy (non-hydrogen) atoms. The molecule has 0 bridgehead atoms. The predicted molar refractivity (Wildman–Crippen MR) is 175 cm³/mol. The maximum Gasteiger partial charge on any atom is 0.345 e. The van der Waals surface area contributed by atoms with Crippen LogP contribution < -0.4 is 10.6 Å². The first-order chi connectivity index (χ1) is 24.2. The summed E-state index contributed by atoms with van der Waals surface area (Å²) >= 11 is 0. The molecule has 286 valence electrons. The number of hydrogen-bond donors (Lipinski definition) is 2. The van der Waals surface area contributed by atoms with Gasteiger partial charge in [-0.05, 0) is 37.7 Å². The van der Waals surface area contributed by atoms with E-state index in [-0.39, 0.29) is 44.1 Å². The van der Waals surface area contributed by atoms with Gasteiger partial charge < -0.3 is 29.6 Å².